The molecular weight excluding hydrogens is 203 g/mol. The topological polar surface area (TPSA) is 23.5 Å². The van der Waals surface area contributed by atoms with E-state index in [4.69, 9.17) is 5.11 Å². The van der Waals surface area contributed by atoms with E-state index in [2.05, 4.69) is 11.8 Å². The molecule has 2 nitrogen and oxygen atoms in total. The zero-order valence-corrected chi connectivity index (χ0v) is 9.13. The molecule has 1 heterocycles. The van der Waals surface area contributed by atoms with Gasteiger partial charge in [-0.2, -0.15) is 0 Å². The molecule has 3 heteroatoms. The van der Waals surface area contributed by atoms with Crippen LogP contribution in [0.5, 0.6) is 0 Å². The van der Waals surface area contributed by atoms with Gasteiger partial charge in [-0.25, -0.2) is 0 Å². The van der Waals surface area contributed by atoms with Crippen LogP contribution in [0.1, 0.15) is 12.8 Å². The first-order valence-corrected chi connectivity index (χ1v) is 3.52. The molecule has 0 aliphatic carbocycles. The third kappa shape index (κ3) is 4.02. The monoisotopic (exact) mass is 217 g/mol. The van der Waals surface area contributed by atoms with Crippen molar-refractivity contribution in [3.05, 3.63) is 6.92 Å². The molecule has 0 bridgehead atoms. The Labute approximate surface area is 87.9 Å². The van der Waals surface area contributed by atoms with E-state index in [0.29, 0.717) is 0 Å². The molecule has 0 aromatic rings. The van der Waals surface area contributed by atoms with Crippen molar-refractivity contribution in [3.8, 4) is 0 Å². The normalized spacial score (nSPS) is 22.2. The average Bonchev–Trinajstić information content (AvgIpc) is 2.15. The zero-order valence-electron chi connectivity index (χ0n) is 6.29. The second kappa shape index (κ2) is 5.65. The Morgan fingerprint density at radius 2 is 1.90 bits per heavy atom. The van der Waals surface area contributed by atoms with E-state index in [1.807, 2.05) is 0 Å². The molecule has 1 aliphatic rings. The summed E-state index contributed by atoms with van der Waals surface area (Å²) in [4.78, 5) is 2.25. The predicted molar refractivity (Wildman–Crippen MR) is 37.0 cm³/mol. The van der Waals surface area contributed by atoms with Gasteiger partial charge in [0.25, 0.3) is 0 Å². The fraction of sp³-hybridized carbons (Fsp3) is 0.857. The van der Waals surface area contributed by atoms with Crippen LogP contribution >= 0.6 is 0 Å². The smallest absolute Gasteiger partial charge is 0 e. The molecule has 1 unspecified atom stereocenters. The first-order chi connectivity index (χ1) is 4.29. The van der Waals surface area contributed by atoms with Gasteiger partial charge in [-0.15, -0.1) is 0 Å². The van der Waals surface area contributed by atoms with Crippen molar-refractivity contribution in [2.45, 2.75) is 18.9 Å². The summed E-state index contributed by atoms with van der Waals surface area (Å²) in [6.07, 6.45) is 2.17. The summed E-state index contributed by atoms with van der Waals surface area (Å²) in [5.41, 5.74) is 0. The second-order valence-corrected chi connectivity index (χ2v) is 2.66. The van der Waals surface area contributed by atoms with E-state index in [9.17, 15) is 0 Å². The van der Waals surface area contributed by atoms with Crippen molar-refractivity contribution >= 4 is 0 Å². The quantitative estimate of drug-likeness (QED) is 0.671. The van der Waals surface area contributed by atoms with E-state index < -0.39 is 6.10 Å². The van der Waals surface area contributed by atoms with Crippen LogP contribution in [-0.2, 0) is 32.7 Å². The second-order valence-electron chi connectivity index (χ2n) is 2.66. The van der Waals surface area contributed by atoms with Gasteiger partial charge in [0, 0.05) is 32.7 Å². The molecule has 1 radical (unpaired) electrons. The number of likely N-dealkylation sites (tertiary alicyclic amines) is 1. The number of aliphatic hydroxyl groups excluding tert-OH is 1. The van der Waals surface area contributed by atoms with Gasteiger partial charge in [-0.3, -0.25) is 0 Å². The molecule has 1 atom stereocenters. The minimum atomic E-state index is -0.400. The fourth-order valence-electron chi connectivity index (χ4n) is 1.26. The number of β-amino-alcohol motifs (C(OH)–C–C–N with tert-alkyl or cyclic N) is 1. The van der Waals surface area contributed by atoms with Crippen molar-refractivity contribution in [1.29, 1.82) is 0 Å². The van der Waals surface area contributed by atoms with Gasteiger partial charge in [0.1, 0.15) is 0 Å². The zero-order chi connectivity index (χ0) is 6.69. The van der Waals surface area contributed by atoms with Gasteiger partial charge in [0.2, 0.25) is 0 Å². The van der Waals surface area contributed by atoms with E-state index >= 15 is 0 Å². The van der Waals surface area contributed by atoms with Gasteiger partial charge >= 0.3 is 0 Å². The van der Waals surface area contributed by atoms with Crippen molar-refractivity contribution in [3.63, 3.8) is 0 Å². The van der Waals surface area contributed by atoms with Gasteiger partial charge < -0.3 is 16.9 Å². The maximum atomic E-state index is 8.86. The van der Waals surface area contributed by atoms with Crippen LogP contribution in [0.3, 0.4) is 0 Å². The minimum absolute atomic E-state index is 0. The summed E-state index contributed by atoms with van der Waals surface area (Å²) >= 11 is 0. The van der Waals surface area contributed by atoms with Crippen LogP contribution in [-0.4, -0.2) is 35.7 Å². The standard InChI is InChI=1S/C7H14NO.Y/c1-7(9)6-8-4-2-3-5-8;/h7,9H,1-6H2;/q-1;. The Hall–Kier alpha value is 1.02. The number of hydrogen-bond donors (Lipinski definition) is 1. The maximum Gasteiger partial charge on any atom is 0 e. The summed E-state index contributed by atoms with van der Waals surface area (Å²) in [6, 6.07) is 0. The molecule has 57 valence electrons. The van der Waals surface area contributed by atoms with Crippen LogP contribution < -0.4 is 0 Å². The number of aliphatic hydroxyl groups is 1. The Balaban J connectivity index is 0.000000810. The predicted octanol–water partition coefficient (Wildman–Crippen LogP) is 0.275. The SMILES string of the molecule is [CH2-]C(O)CN1CCCC1.[Y]. The summed E-state index contributed by atoms with van der Waals surface area (Å²) in [6.45, 7) is 6.56. The molecule has 1 rings (SSSR count). The molecule has 0 saturated carbocycles. The van der Waals surface area contributed by atoms with E-state index in [0.717, 1.165) is 19.6 Å². The summed E-state index contributed by atoms with van der Waals surface area (Å²) in [5, 5.41) is 8.86. The maximum absolute atomic E-state index is 8.86. The summed E-state index contributed by atoms with van der Waals surface area (Å²) in [5.74, 6) is 0. The minimum Gasteiger partial charge on any atom is -0.424 e. The first-order valence-electron chi connectivity index (χ1n) is 3.52. The van der Waals surface area contributed by atoms with Crippen molar-refractivity contribution in [2.24, 2.45) is 0 Å². The van der Waals surface area contributed by atoms with Crippen LogP contribution in [0.4, 0.5) is 0 Å². The van der Waals surface area contributed by atoms with E-state index in [1.165, 1.54) is 12.8 Å². The largest absolute Gasteiger partial charge is 0.424 e. The Bertz CT molecular complexity index is 81.7. The van der Waals surface area contributed by atoms with Crippen LogP contribution in [0.25, 0.3) is 0 Å². The first kappa shape index (κ1) is 11.0. The number of rotatable bonds is 2. The van der Waals surface area contributed by atoms with Crippen LogP contribution in [0.2, 0.25) is 0 Å². The molecular formula is C7H14NOY-. The van der Waals surface area contributed by atoms with Crippen molar-refractivity contribution < 1.29 is 37.8 Å². The van der Waals surface area contributed by atoms with Crippen molar-refractivity contribution in [1.82, 2.24) is 4.90 Å². The summed E-state index contributed by atoms with van der Waals surface area (Å²) in [7, 11) is 0. The van der Waals surface area contributed by atoms with E-state index in [-0.39, 0.29) is 32.7 Å². The van der Waals surface area contributed by atoms with Crippen LogP contribution in [0, 0.1) is 6.92 Å². The molecule has 1 saturated heterocycles. The molecule has 0 spiro atoms. The van der Waals surface area contributed by atoms with Gasteiger partial charge in [0.05, 0.1) is 0 Å². The third-order valence-corrected chi connectivity index (χ3v) is 1.67. The number of hydrogen-bond acceptors (Lipinski definition) is 2. The molecule has 10 heavy (non-hydrogen) atoms. The molecule has 1 fully saturated rings. The number of nitrogens with zero attached hydrogens (tertiary/aromatic N) is 1. The summed E-state index contributed by atoms with van der Waals surface area (Å²) < 4.78 is 0. The fourth-order valence-corrected chi connectivity index (χ4v) is 1.26. The van der Waals surface area contributed by atoms with Crippen molar-refractivity contribution in [2.75, 3.05) is 19.6 Å². The van der Waals surface area contributed by atoms with Crippen LogP contribution in [0.15, 0.2) is 0 Å². The van der Waals surface area contributed by atoms with E-state index in [1.54, 1.807) is 0 Å². The average molecular weight is 217 g/mol. The Morgan fingerprint density at radius 1 is 1.40 bits per heavy atom. The molecule has 1 aliphatic heterocycles. The van der Waals surface area contributed by atoms with Gasteiger partial charge in [-0.05, 0) is 32.5 Å². The molecule has 1 N–H and O–H groups in total. The van der Waals surface area contributed by atoms with Gasteiger partial charge in [0.15, 0.2) is 0 Å². The van der Waals surface area contributed by atoms with Gasteiger partial charge in [-0.1, -0.05) is 6.10 Å². The molecule has 0 aromatic heterocycles. The molecule has 0 amide bonds. The Kier molecular flexibility index (Phi) is 6.22. The molecule has 0 aromatic carbocycles. The third-order valence-electron chi connectivity index (χ3n) is 1.67. The Morgan fingerprint density at radius 3 is 2.30 bits per heavy atom.